The maximum atomic E-state index is 12.8. The third-order valence-corrected chi connectivity index (χ3v) is 4.85. The van der Waals surface area contributed by atoms with E-state index >= 15 is 0 Å². The van der Waals surface area contributed by atoms with E-state index in [4.69, 9.17) is 0 Å². The number of pyridine rings is 1. The van der Waals surface area contributed by atoms with Gasteiger partial charge in [0.2, 0.25) is 5.91 Å². The molecule has 0 radical (unpaired) electrons. The second kappa shape index (κ2) is 7.64. The van der Waals surface area contributed by atoms with Crippen LogP contribution < -0.4 is 16.2 Å². The van der Waals surface area contributed by atoms with E-state index in [1.54, 1.807) is 18.3 Å². The van der Waals surface area contributed by atoms with Crippen molar-refractivity contribution in [3.05, 3.63) is 57.0 Å². The number of hydrogen-bond acceptors (Lipinski definition) is 4. The first-order chi connectivity index (χ1) is 12.4. The van der Waals surface area contributed by atoms with Crippen LogP contribution in [0.3, 0.4) is 0 Å². The molecule has 0 bridgehead atoms. The van der Waals surface area contributed by atoms with Gasteiger partial charge in [0, 0.05) is 21.4 Å². The average Bonchev–Trinajstić information content (AvgIpc) is 2.59. The van der Waals surface area contributed by atoms with Crippen LogP contribution >= 0.6 is 25.2 Å². The fourth-order valence-corrected chi connectivity index (χ4v) is 3.27. The second-order valence-electron chi connectivity index (χ2n) is 6.18. The summed E-state index contributed by atoms with van der Waals surface area (Å²) in [5.74, 6) is 0.202. The van der Waals surface area contributed by atoms with E-state index in [0.29, 0.717) is 11.2 Å². The number of halogens is 1. The number of aromatic nitrogens is 3. The first-order valence-corrected chi connectivity index (χ1v) is 9.44. The van der Waals surface area contributed by atoms with Crippen molar-refractivity contribution in [3.8, 4) is 0 Å². The minimum absolute atomic E-state index is 0.108. The smallest absolute Gasteiger partial charge is 0.275 e. The van der Waals surface area contributed by atoms with Crippen LogP contribution in [0.25, 0.3) is 10.8 Å². The molecule has 1 unspecified atom stereocenters. The Morgan fingerprint density at radius 3 is 2.77 bits per heavy atom. The molecule has 2 heterocycles. The highest BCUT2D eigenvalue weighted by molar-refractivity contribution is 9.10. The molecule has 134 valence electrons. The van der Waals surface area contributed by atoms with Crippen molar-refractivity contribution in [3.63, 3.8) is 0 Å². The Balaban J connectivity index is 1.99. The van der Waals surface area contributed by atoms with Crippen molar-refractivity contribution in [1.82, 2.24) is 14.8 Å². The number of amides is 1. The van der Waals surface area contributed by atoms with E-state index in [-0.39, 0.29) is 23.9 Å². The Labute approximate surface area is 161 Å². The molecule has 0 fully saturated rings. The van der Waals surface area contributed by atoms with E-state index in [9.17, 15) is 9.59 Å². The maximum absolute atomic E-state index is 12.8. The second-order valence-corrected chi connectivity index (χ2v) is 7.72. The maximum Gasteiger partial charge on any atom is 0.275 e. The number of nitrogens with one attached hydrogen (secondary N) is 1. The van der Waals surface area contributed by atoms with Crippen LogP contribution in [0.4, 0.5) is 5.82 Å². The predicted octanol–water partition coefficient (Wildman–Crippen LogP) is 2.82. The number of nitrogens with zero attached hydrogens (tertiary/aromatic N) is 3. The fourth-order valence-electron chi connectivity index (χ4n) is 2.65. The summed E-state index contributed by atoms with van der Waals surface area (Å²) in [6.45, 7) is 3.84. The Morgan fingerprint density at radius 2 is 2.08 bits per heavy atom. The minimum Gasteiger partial charge on any atom is -0.309 e. The Bertz CT molecular complexity index is 1050. The number of carbonyl (C=O) groups is 1. The molecule has 1 aromatic carbocycles. The summed E-state index contributed by atoms with van der Waals surface area (Å²) in [4.78, 5) is 29.3. The first-order valence-electron chi connectivity index (χ1n) is 8.07. The van der Waals surface area contributed by atoms with E-state index in [1.165, 1.54) is 4.68 Å². The number of benzene rings is 1. The summed E-state index contributed by atoms with van der Waals surface area (Å²) in [6.07, 6.45) is 1.60. The van der Waals surface area contributed by atoms with Crippen LogP contribution in [0.15, 0.2) is 45.8 Å². The summed E-state index contributed by atoms with van der Waals surface area (Å²) in [5.41, 5.74) is 0.484. The van der Waals surface area contributed by atoms with Crippen LogP contribution in [0.5, 0.6) is 0 Å². The highest BCUT2D eigenvalue weighted by atomic mass is 79.9. The summed E-state index contributed by atoms with van der Waals surface area (Å²) < 4.78 is 2.10. The molecule has 8 heteroatoms. The summed E-state index contributed by atoms with van der Waals surface area (Å²) in [5, 5.41) is 9.27. The van der Waals surface area contributed by atoms with E-state index in [0.717, 1.165) is 20.9 Å². The molecule has 26 heavy (non-hydrogen) atoms. The lowest BCUT2D eigenvalue weighted by molar-refractivity contribution is -0.117. The molecule has 3 rings (SSSR count). The molecule has 6 nitrogen and oxygen atoms in total. The zero-order valence-corrected chi connectivity index (χ0v) is 17.1. The molecule has 1 amide bonds. The SMILES string of the molecule is CC(C)c1nn(CC(=O)Nc2ncccc2P)c(=O)c2ccc(Br)cc12. The number of fused-ring (bicyclic) bond motifs is 1. The van der Waals surface area contributed by atoms with Gasteiger partial charge in [0.25, 0.3) is 5.56 Å². The Morgan fingerprint density at radius 1 is 1.31 bits per heavy atom. The molecule has 0 saturated heterocycles. The van der Waals surface area contributed by atoms with Gasteiger partial charge in [0.1, 0.15) is 12.4 Å². The van der Waals surface area contributed by atoms with Crippen LogP contribution in [0.1, 0.15) is 25.5 Å². The van der Waals surface area contributed by atoms with E-state index in [1.807, 2.05) is 32.0 Å². The predicted molar refractivity (Wildman–Crippen MR) is 110 cm³/mol. The summed E-state index contributed by atoms with van der Waals surface area (Å²) in [6, 6.07) is 9.05. The molecule has 2 aromatic heterocycles. The third-order valence-electron chi connectivity index (χ3n) is 3.89. The van der Waals surface area contributed by atoms with Crippen molar-refractivity contribution in [2.75, 3.05) is 5.32 Å². The van der Waals surface area contributed by atoms with Gasteiger partial charge in [-0.05, 0) is 36.2 Å². The van der Waals surface area contributed by atoms with Gasteiger partial charge >= 0.3 is 0 Å². The van der Waals surface area contributed by atoms with Crippen molar-refractivity contribution in [1.29, 1.82) is 0 Å². The minimum atomic E-state index is -0.354. The molecule has 0 saturated carbocycles. The molecular formula is C18H18BrN4O2P. The van der Waals surface area contributed by atoms with Crippen LogP contribution in [-0.2, 0) is 11.3 Å². The van der Waals surface area contributed by atoms with E-state index < -0.39 is 0 Å². The zero-order valence-electron chi connectivity index (χ0n) is 14.4. The number of hydrogen-bond donors (Lipinski definition) is 1. The van der Waals surface area contributed by atoms with Gasteiger partial charge in [-0.2, -0.15) is 5.10 Å². The van der Waals surface area contributed by atoms with Crippen LogP contribution in [0, 0.1) is 0 Å². The molecule has 0 aliphatic rings. The lowest BCUT2D eigenvalue weighted by Gasteiger charge is -2.13. The van der Waals surface area contributed by atoms with Crippen molar-refractivity contribution >= 4 is 53.0 Å². The van der Waals surface area contributed by atoms with Crippen molar-refractivity contribution in [2.45, 2.75) is 26.3 Å². The van der Waals surface area contributed by atoms with Gasteiger partial charge in [-0.1, -0.05) is 29.8 Å². The van der Waals surface area contributed by atoms with Crippen LogP contribution in [0.2, 0.25) is 0 Å². The van der Waals surface area contributed by atoms with Crippen LogP contribution in [-0.4, -0.2) is 20.7 Å². The van der Waals surface area contributed by atoms with Crippen molar-refractivity contribution in [2.24, 2.45) is 0 Å². The molecule has 1 atom stereocenters. The molecule has 0 aliphatic heterocycles. The summed E-state index contributed by atoms with van der Waals surface area (Å²) in [7, 11) is 2.51. The largest absolute Gasteiger partial charge is 0.309 e. The molecule has 3 aromatic rings. The zero-order chi connectivity index (χ0) is 18.8. The lowest BCUT2D eigenvalue weighted by atomic mass is 10.0. The summed E-state index contributed by atoms with van der Waals surface area (Å²) >= 11 is 3.43. The van der Waals surface area contributed by atoms with Gasteiger partial charge in [-0.25, -0.2) is 9.67 Å². The Hall–Kier alpha value is -2.11. The topological polar surface area (TPSA) is 76.9 Å². The van der Waals surface area contributed by atoms with Gasteiger partial charge in [0.05, 0.1) is 11.1 Å². The third kappa shape index (κ3) is 3.84. The molecular weight excluding hydrogens is 415 g/mol. The van der Waals surface area contributed by atoms with Crippen molar-refractivity contribution < 1.29 is 4.79 Å². The average molecular weight is 433 g/mol. The number of rotatable bonds is 4. The standard InChI is InChI=1S/C18H18BrN4O2P/c1-10(2)16-13-8-11(19)5-6-12(13)18(25)23(22-16)9-15(24)21-17-14(26)4-3-7-20-17/h3-8,10H,9,26H2,1-2H3,(H,20,21,24). The van der Waals surface area contributed by atoms with Gasteiger partial charge in [-0.3, -0.25) is 9.59 Å². The number of anilines is 1. The molecule has 1 N–H and O–H groups in total. The van der Waals surface area contributed by atoms with Gasteiger partial charge in [-0.15, -0.1) is 9.24 Å². The highest BCUT2D eigenvalue weighted by Gasteiger charge is 2.16. The first kappa shape index (κ1) is 18.7. The Kier molecular flexibility index (Phi) is 5.49. The molecule has 0 spiro atoms. The van der Waals surface area contributed by atoms with Gasteiger partial charge in [0.15, 0.2) is 0 Å². The fraction of sp³-hybridized carbons (Fsp3) is 0.222. The monoisotopic (exact) mass is 432 g/mol. The number of carbonyl (C=O) groups excluding carboxylic acids is 1. The highest BCUT2D eigenvalue weighted by Crippen LogP contribution is 2.24. The lowest BCUT2D eigenvalue weighted by Crippen LogP contribution is -2.31. The molecule has 0 aliphatic carbocycles. The van der Waals surface area contributed by atoms with Gasteiger partial charge < -0.3 is 5.32 Å². The van der Waals surface area contributed by atoms with E-state index in [2.05, 4.69) is 40.6 Å². The quantitative estimate of drug-likeness (QED) is 0.643. The normalized spacial score (nSPS) is 11.1.